The topological polar surface area (TPSA) is 214 Å². The van der Waals surface area contributed by atoms with Gasteiger partial charge in [-0.15, -0.1) is 0 Å². The first kappa shape index (κ1) is 74.3. The van der Waals surface area contributed by atoms with E-state index in [0.717, 1.165) is 70.6 Å². The largest absolute Gasteiger partial charge is 0.457 e. The van der Waals surface area contributed by atoms with Crippen LogP contribution in [0.1, 0.15) is 232 Å². The summed E-state index contributed by atoms with van der Waals surface area (Å²) in [6.45, 7) is 3.54. The van der Waals surface area contributed by atoms with Gasteiger partial charge in [0.1, 0.15) is 54.9 Å². The molecule has 0 saturated carbocycles. The number of hydrogen-bond donors (Lipinski definition) is 7. The van der Waals surface area contributed by atoms with Crippen molar-refractivity contribution in [3.8, 4) is 0 Å². The Kier molecular flexibility index (Phi) is 48.3. The summed E-state index contributed by atoms with van der Waals surface area (Å²) in [7, 11) is 0. The Morgan fingerprint density at radius 3 is 1.27 bits per heavy atom. The fraction of sp³-hybridized carbons (Fsp3) is 0.776. The first-order chi connectivity index (χ1) is 39.6. The highest BCUT2D eigenvalue weighted by Crippen LogP contribution is 2.27. The molecule has 0 amide bonds. The van der Waals surface area contributed by atoms with Gasteiger partial charge in [-0.2, -0.15) is 0 Å². The lowest BCUT2D eigenvalue weighted by Gasteiger charge is -2.42. The predicted octanol–water partition coefficient (Wildman–Crippen LogP) is 12.8. The summed E-state index contributed by atoms with van der Waals surface area (Å²) < 4.78 is 34.4. The lowest BCUT2D eigenvalue weighted by atomic mass is 9.98. The van der Waals surface area contributed by atoms with Crippen LogP contribution in [0.4, 0.5) is 0 Å². The number of ether oxygens (including phenoxy) is 6. The van der Waals surface area contributed by atoms with Crippen LogP contribution < -0.4 is 0 Å². The van der Waals surface area contributed by atoms with E-state index in [1.807, 2.05) is 0 Å². The summed E-state index contributed by atoms with van der Waals surface area (Å²) in [6.07, 6.45) is 53.7. The van der Waals surface area contributed by atoms with Gasteiger partial charge in [0.2, 0.25) is 0 Å². The molecule has 14 heteroatoms. The van der Waals surface area contributed by atoms with Crippen LogP contribution >= 0.6 is 0 Å². The van der Waals surface area contributed by atoms with E-state index < -0.39 is 86.7 Å². The van der Waals surface area contributed by atoms with Gasteiger partial charge in [-0.05, 0) is 89.9 Å². The average molecular weight is 1150 g/mol. The van der Waals surface area contributed by atoms with Crippen LogP contribution in [-0.4, -0.2) is 142 Å². The number of carbonyl (C=O) groups excluding carboxylic acids is 1. The highest BCUT2D eigenvalue weighted by atomic mass is 16.7. The van der Waals surface area contributed by atoms with Crippen LogP contribution in [0.25, 0.3) is 0 Å². The molecule has 0 aromatic rings. The maximum Gasteiger partial charge on any atom is 0.306 e. The van der Waals surface area contributed by atoms with E-state index in [2.05, 4.69) is 98.9 Å². The van der Waals surface area contributed by atoms with Crippen LogP contribution in [0.3, 0.4) is 0 Å². The zero-order valence-corrected chi connectivity index (χ0v) is 50.5. The van der Waals surface area contributed by atoms with Gasteiger partial charge in [0.05, 0.1) is 26.4 Å². The molecule has 2 aliphatic rings. The Labute approximate surface area is 490 Å². The van der Waals surface area contributed by atoms with E-state index in [0.29, 0.717) is 13.0 Å². The van der Waals surface area contributed by atoms with Gasteiger partial charge in [-0.3, -0.25) is 4.79 Å². The fourth-order valence-corrected chi connectivity index (χ4v) is 9.76. The second-order valence-corrected chi connectivity index (χ2v) is 22.2. The average Bonchev–Trinajstić information content (AvgIpc) is 3.46. The molecule has 2 heterocycles. The summed E-state index contributed by atoms with van der Waals surface area (Å²) in [5, 5.41) is 72.5. The van der Waals surface area contributed by atoms with Gasteiger partial charge in [0, 0.05) is 13.0 Å². The smallest absolute Gasteiger partial charge is 0.306 e. The SMILES string of the molecule is CC/C=C\C/C=C\C/C=C\C/C=C\C/C=C\C/C=C\CCCCC(=O)OC(COCCCCCCCCCCCCCCCC/C=C\CCCCCCCCCC)COC1OC(COC2OC(CO)C(O)C(O)C2O)C(O)C(O)C1O. The number of hydrogen-bond acceptors (Lipinski definition) is 14. The molecule has 0 aromatic carbocycles. The molecular weight excluding hydrogens is 1030 g/mol. The van der Waals surface area contributed by atoms with Crippen molar-refractivity contribution in [2.75, 3.05) is 33.0 Å². The first-order valence-electron chi connectivity index (χ1n) is 32.2. The van der Waals surface area contributed by atoms with Gasteiger partial charge < -0.3 is 64.2 Å². The quantitative estimate of drug-likeness (QED) is 0.0172. The van der Waals surface area contributed by atoms with E-state index in [1.54, 1.807) is 0 Å². The maximum absolute atomic E-state index is 13.1. The Morgan fingerprint density at radius 2 is 0.802 bits per heavy atom. The van der Waals surface area contributed by atoms with Crippen molar-refractivity contribution in [1.82, 2.24) is 0 Å². The number of unbranched alkanes of at least 4 members (excludes halogenated alkanes) is 24. The van der Waals surface area contributed by atoms with Gasteiger partial charge in [-0.25, -0.2) is 0 Å². The van der Waals surface area contributed by atoms with E-state index in [9.17, 15) is 40.5 Å². The second kappa shape index (κ2) is 52.7. The molecule has 11 unspecified atom stereocenters. The number of aliphatic hydroxyl groups excluding tert-OH is 7. The molecule has 2 fully saturated rings. The minimum Gasteiger partial charge on any atom is -0.457 e. The van der Waals surface area contributed by atoms with E-state index in [4.69, 9.17) is 28.4 Å². The summed E-state index contributed by atoms with van der Waals surface area (Å²) in [5.41, 5.74) is 0. The molecular formula is C67H116O14. The van der Waals surface area contributed by atoms with E-state index in [-0.39, 0.29) is 19.6 Å². The van der Waals surface area contributed by atoms with Gasteiger partial charge in [0.15, 0.2) is 12.6 Å². The van der Waals surface area contributed by atoms with Crippen LogP contribution in [0.5, 0.6) is 0 Å². The maximum atomic E-state index is 13.1. The van der Waals surface area contributed by atoms with E-state index >= 15 is 0 Å². The van der Waals surface area contributed by atoms with Crippen molar-refractivity contribution < 1.29 is 69.0 Å². The summed E-state index contributed by atoms with van der Waals surface area (Å²) in [6, 6.07) is 0. The Hall–Kier alpha value is -2.83. The van der Waals surface area contributed by atoms with E-state index in [1.165, 1.54) is 135 Å². The van der Waals surface area contributed by atoms with Crippen molar-refractivity contribution >= 4 is 5.97 Å². The molecule has 0 aromatic heterocycles. The van der Waals surface area contributed by atoms with Crippen molar-refractivity contribution in [3.05, 3.63) is 85.1 Å². The standard InChI is InChI=1S/C67H116O14/c1-3-5-7-9-11-13-15-17-19-21-23-25-26-27-28-29-31-33-35-37-39-41-43-45-47-49-51-76-53-56(54-77-66-65(75)63(73)61(71)58(81-66)55-78-67-64(74)62(72)60(70)57(52-68)80-67)79-59(69)50-48-46-44-42-40-38-36-34-32-30-24-22-20-18-16-14-12-10-8-6-4-2/h6,8,12,14,18,20-21,23-24,30,34,36,40,42,56-58,60-68,70-75H,3-5,7,9-11,13,15-17,19,22,25-29,31-33,35,37-39,41,43-55H2,1-2H3/b8-6-,14-12-,20-18-,23-21-,30-24-,36-34-,42-40-. The van der Waals surface area contributed by atoms with Crippen molar-refractivity contribution in [1.29, 1.82) is 0 Å². The third kappa shape index (κ3) is 38.7. The van der Waals surface area contributed by atoms with Crippen LogP contribution in [0.2, 0.25) is 0 Å². The Morgan fingerprint density at radius 1 is 0.420 bits per heavy atom. The van der Waals surface area contributed by atoms with Crippen molar-refractivity contribution in [3.63, 3.8) is 0 Å². The lowest BCUT2D eigenvalue weighted by molar-refractivity contribution is -0.332. The van der Waals surface area contributed by atoms with Gasteiger partial charge in [0.25, 0.3) is 0 Å². The molecule has 0 radical (unpaired) electrons. The van der Waals surface area contributed by atoms with Gasteiger partial charge in [-0.1, -0.05) is 221 Å². The third-order valence-corrected chi connectivity index (χ3v) is 14.9. The molecule has 0 bridgehead atoms. The number of rotatable bonds is 52. The summed E-state index contributed by atoms with van der Waals surface area (Å²) in [4.78, 5) is 13.1. The Bertz CT molecular complexity index is 1660. The molecule has 2 aliphatic heterocycles. The second-order valence-electron chi connectivity index (χ2n) is 22.2. The minimum absolute atomic E-state index is 0.0404. The summed E-state index contributed by atoms with van der Waals surface area (Å²) >= 11 is 0. The predicted molar refractivity (Wildman–Crippen MR) is 325 cm³/mol. The molecule has 7 N–H and O–H groups in total. The highest BCUT2D eigenvalue weighted by Gasteiger charge is 2.47. The number of aliphatic hydroxyl groups is 7. The highest BCUT2D eigenvalue weighted by molar-refractivity contribution is 5.69. The van der Waals surface area contributed by atoms with Crippen molar-refractivity contribution in [2.24, 2.45) is 0 Å². The third-order valence-electron chi connectivity index (χ3n) is 14.9. The minimum atomic E-state index is -1.72. The molecule has 2 saturated heterocycles. The zero-order valence-electron chi connectivity index (χ0n) is 50.5. The fourth-order valence-electron chi connectivity index (χ4n) is 9.76. The lowest BCUT2D eigenvalue weighted by Crippen LogP contribution is -2.61. The number of allylic oxidation sites excluding steroid dienone is 14. The molecule has 81 heavy (non-hydrogen) atoms. The van der Waals surface area contributed by atoms with Crippen LogP contribution in [0, 0.1) is 0 Å². The zero-order chi connectivity index (χ0) is 58.6. The molecule has 2 rings (SSSR count). The van der Waals surface area contributed by atoms with Gasteiger partial charge >= 0.3 is 5.97 Å². The molecule has 14 nitrogen and oxygen atoms in total. The normalized spacial score (nSPS) is 24.3. The Balaban J connectivity index is 1.69. The van der Waals surface area contributed by atoms with Crippen LogP contribution in [-0.2, 0) is 33.2 Å². The molecule has 0 spiro atoms. The summed E-state index contributed by atoms with van der Waals surface area (Å²) in [5.74, 6) is -0.417. The molecule has 11 atom stereocenters. The first-order valence-corrected chi connectivity index (χ1v) is 32.2. The van der Waals surface area contributed by atoms with Crippen molar-refractivity contribution in [2.45, 2.75) is 300 Å². The number of esters is 1. The molecule has 468 valence electrons. The monoisotopic (exact) mass is 1140 g/mol. The molecule has 0 aliphatic carbocycles. The number of carbonyl (C=O) groups is 1. The van der Waals surface area contributed by atoms with Crippen LogP contribution in [0.15, 0.2) is 85.1 Å².